The summed E-state index contributed by atoms with van der Waals surface area (Å²) in [5.41, 5.74) is 5.68. The van der Waals surface area contributed by atoms with Crippen molar-refractivity contribution in [3.8, 4) is 5.75 Å². The van der Waals surface area contributed by atoms with Gasteiger partial charge in [-0.05, 0) is 63.0 Å². The van der Waals surface area contributed by atoms with Crippen LogP contribution in [-0.4, -0.2) is 58.6 Å². The van der Waals surface area contributed by atoms with Gasteiger partial charge in [-0.15, -0.1) is 0 Å². The molecule has 1 aromatic carbocycles. The molecule has 5 rings (SSSR count). The lowest BCUT2D eigenvalue weighted by Gasteiger charge is -2.40. The number of nitrogens with one attached hydrogen (secondary N) is 1. The van der Waals surface area contributed by atoms with Crippen molar-refractivity contribution in [3.63, 3.8) is 0 Å². The van der Waals surface area contributed by atoms with Crippen LogP contribution in [0.15, 0.2) is 36.8 Å². The largest absolute Gasteiger partial charge is 0.491 e. The Morgan fingerprint density at radius 1 is 1.28 bits per heavy atom. The summed E-state index contributed by atoms with van der Waals surface area (Å²) < 4.78 is 31.2. The molecule has 0 amide bonds. The average molecular weight is 494 g/mol. The molecule has 3 heterocycles. The highest BCUT2D eigenvalue weighted by molar-refractivity contribution is 5.50. The van der Waals surface area contributed by atoms with Crippen molar-refractivity contribution in [2.45, 2.75) is 57.8 Å². The second kappa shape index (κ2) is 9.82. The molecular weight excluding hydrogens is 455 g/mol. The van der Waals surface area contributed by atoms with Crippen LogP contribution in [0.3, 0.4) is 0 Å². The molecular formula is C28H37FN6O. The summed E-state index contributed by atoms with van der Waals surface area (Å²) in [6.45, 7) is 6.05. The first-order valence-electron chi connectivity index (χ1n) is 13.3. The molecule has 1 N–H and O–H groups in total. The topological polar surface area (TPSA) is 58.5 Å². The highest BCUT2D eigenvalue weighted by Gasteiger charge is 2.51. The predicted molar refractivity (Wildman–Crippen MR) is 140 cm³/mol. The molecule has 2 atom stereocenters. The van der Waals surface area contributed by atoms with Gasteiger partial charge < -0.3 is 19.5 Å². The minimum absolute atomic E-state index is 0.0545. The molecule has 1 unspecified atom stereocenters. The van der Waals surface area contributed by atoms with Crippen molar-refractivity contribution in [2.24, 2.45) is 0 Å². The summed E-state index contributed by atoms with van der Waals surface area (Å²) in [6, 6.07) is 6.07. The first-order chi connectivity index (χ1) is 17.8. The molecule has 0 saturated heterocycles. The maximum absolute atomic E-state index is 14.2. The smallest absolute Gasteiger partial charge is 0.202 e. The molecule has 36 heavy (non-hydrogen) atoms. The highest BCUT2D eigenvalue weighted by Crippen LogP contribution is 2.55. The number of hydrogen-bond donors (Lipinski definition) is 1. The van der Waals surface area contributed by atoms with E-state index in [1.807, 2.05) is 20.2 Å². The summed E-state index contributed by atoms with van der Waals surface area (Å²) in [6.07, 6.45) is 7.23. The fraction of sp³-hybridized carbons (Fsp3) is 0.500. The van der Waals surface area contributed by atoms with Gasteiger partial charge in [-0.25, -0.2) is 9.37 Å². The second-order valence-electron chi connectivity index (χ2n) is 10.3. The number of rotatable bonds is 9. The van der Waals surface area contributed by atoms with Gasteiger partial charge in [-0.1, -0.05) is 12.1 Å². The molecule has 3 aromatic rings. The van der Waals surface area contributed by atoms with Gasteiger partial charge in [0, 0.05) is 57.9 Å². The van der Waals surface area contributed by atoms with Crippen molar-refractivity contribution in [2.75, 3.05) is 39.6 Å². The van der Waals surface area contributed by atoms with Crippen molar-refractivity contribution >= 4 is 5.95 Å². The van der Waals surface area contributed by atoms with E-state index in [1.54, 1.807) is 12.3 Å². The van der Waals surface area contributed by atoms with Crippen LogP contribution in [0, 0.1) is 5.82 Å². The highest BCUT2D eigenvalue weighted by atomic mass is 19.1. The summed E-state index contributed by atoms with van der Waals surface area (Å²) >= 11 is 0. The van der Waals surface area contributed by atoms with Gasteiger partial charge in [0.05, 0.1) is 25.0 Å². The third-order valence-electron chi connectivity index (χ3n) is 7.33. The molecule has 1 fully saturated rings. The van der Waals surface area contributed by atoms with Gasteiger partial charge >= 0.3 is 0 Å². The van der Waals surface area contributed by atoms with E-state index in [0.29, 0.717) is 13.2 Å². The zero-order valence-corrected chi connectivity index (χ0v) is 21.9. The lowest BCUT2D eigenvalue weighted by Crippen LogP contribution is -2.40. The number of fused-ring (bicyclic) bond motifs is 2. The Morgan fingerprint density at radius 2 is 2.08 bits per heavy atom. The van der Waals surface area contributed by atoms with Crippen LogP contribution in [0.4, 0.5) is 10.3 Å². The minimum Gasteiger partial charge on any atom is -0.491 e. The Morgan fingerprint density at radius 3 is 2.78 bits per heavy atom. The summed E-state index contributed by atoms with van der Waals surface area (Å²) in [7, 11) is 6.07. The zero-order chi connectivity index (χ0) is 26.3. The van der Waals surface area contributed by atoms with Crippen molar-refractivity contribution in [1.82, 2.24) is 24.3 Å². The number of nitrogens with zero attached hydrogens (tertiary/aromatic N) is 5. The Labute approximate surface area is 214 Å². The number of imidazole rings is 1. The maximum Gasteiger partial charge on any atom is 0.202 e. The number of hydrogen-bond acceptors (Lipinski definition) is 6. The normalized spacial score (nSPS) is 19.8. The molecule has 0 bridgehead atoms. The Kier molecular flexibility index (Phi) is 6.39. The van der Waals surface area contributed by atoms with Crippen molar-refractivity contribution in [1.29, 1.82) is 0 Å². The summed E-state index contributed by atoms with van der Waals surface area (Å²) in [4.78, 5) is 13.2. The van der Waals surface area contributed by atoms with Gasteiger partial charge in [0.15, 0.2) is 11.6 Å². The van der Waals surface area contributed by atoms with Crippen LogP contribution in [-0.2, 0) is 25.0 Å². The van der Waals surface area contributed by atoms with Gasteiger partial charge in [-0.2, -0.15) is 0 Å². The fourth-order valence-corrected chi connectivity index (χ4v) is 5.52. The van der Waals surface area contributed by atoms with Gasteiger partial charge in [0.25, 0.3) is 0 Å². The first kappa shape index (κ1) is 23.4. The van der Waals surface area contributed by atoms with E-state index >= 15 is 0 Å². The van der Waals surface area contributed by atoms with Crippen LogP contribution in [0.2, 0.25) is 0 Å². The lowest BCUT2D eigenvalue weighted by atomic mass is 9.81. The number of halogens is 1. The van der Waals surface area contributed by atoms with Gasteiger partial charge in [-0.3, -0.25) is 9.88 Å². The van der Waals surface area contributed by atoms with Gasteiger partial charge in [0.1, 0.15) is 0 Å². The monoisotopic (exact) mass is 493 g/mol. The molecule has 2 aromatic heterocycles. The molecule has 7 nitrogen and oxygen atoms in total. The van der Waals surface area contributed by atoms with Crippen LogP contribution < -0.4 is 10.1 Å². The van der Waals surface area contributed by atoms with Crippen LogP contribution >= 0.6 is 0 Å². The molecule has 1 saturated carbocycles. The molecule has 1 spiro atoms. The van der Waals surface area contributed by atoms with Crippen molar-refractivity contribution < 1.29 is 10.5 Å². The number of aromatic nitrogens is 3. The average Bonchev–Trinajstić information content (AvgIpc) is 3.49. The van der Waals surface area contributed by atoms with Crippen LogP contribution in [0.25, 0.3) is 0 Å². The van der Waals surface area contributed by atoms with E-state index in [2.05, 4.69) is 62.8 Å². The third-order valence-corrected chi connectivity index (χ3v) is 7.33. The third kappa shape index (κ3) is 4.72. The van der Waals surface area contributed by atoms with E-state index in [0.717, 1.165) is 48.7 Å². The summed E-state index contributed by atoms with van der Waals surface area (Å²) in [5, 5.41) is 3.15. The molecule has 8 heteroatoms. The van der Waals surface area contributed by atoms with E-state index in [-0.39, 0.29) is 17.2 Å². The quantitative estimate of drug-likeness (QED) is 0.471. The molecule has 1 aliphatic carbocycles. The first-order valence-corrected chi connectivity index (χ1v) is 12.7. The van der Waals surface area contributed by atoms with E-state index in [9.17, 15) is 5.76 Å². The SMILES string of the molecule is [2H][C@@H]1c2cc(Cn3ccnc3NC)cc(CN(C)C)c2C2(CC2)CN1C(C)c1cc(OCC)c(F)cn1. The number of benzene rings is 1. The van der Waals surface area contributed by atoms with E-state index < -0.39 is 12.3 Å². The molecule has 192 valence electrons. The Balaban J connectivity index is 1.55. The minimum atomic E-state index is -0.550. The standard InChI is InChI=1S/C28H37FN6O/c1-6-36-25-13-24(32-14-23(25)29)19(2)35-17-22-12-20(15-34-10-9-31-27(34)30-3)11-21(16-33(4)5)26(22)28(18-35)7-8-28/h9-14,19H,6-8,15-18H2,1-5H3,(H,30,31)/i17D/t17-,19?/m1/s1. The number of pyridine rings is 1. The van der Waals surface area contributed by atoms with Gasteiger partial charge in [0.2, 0.25) is 5.95 Å². The van der Waals surface area contributed by atoms with Crippen LogP contribution in [0.5, 0.6) is 5.75 Å². The summed E-state index contributed by atoms with van der Waals surface area (Å²) in [5.74, 6) is 0.577. The Hall–Kier alpha value is -2.97. The van der Waals surface area contributed by atoms with Crippen LogP contribution in [0.1, 0.15) is 62.0 Å². The predicted octanol–water partition coefficient (Wildman–Crippen LogP) is 4.58. The number of ether oxygens (including phenoxy) is 1. The zero-order valence-electron chi connectivity index (χ0n) is 22.9. The Bertz CT molecular complexity index is 1270. The maximum atomic E-state index is 14.2. The molecule has 0 radical (unpaired) electrons. The fourth-order valence-electron chi connectivity index (χ4n) is 5.52. The number of anilines is 1. The molecule has 1 aliphatic heterocycles. The lowest BCUT2D eigenvalue weighted by molar-refractivity contribution is 0.162. The molecule has 2 aliphatic rings. The van der Waals surface area contributed by atoms with E-state index in [1.165, 1.54) is 17.3 Å². The second-order valence-corrected chi connectivity index (χ2v) is 10.3. The van der Waals surface area contributed by atoms with E-state index in [4.69, 9.17) is 4.74 Å². The van der Waals surface area contributed by atoms with Crippen molar-refractivity contribution in [3.05, 3.63) is 70.6 Å².